The molecule has 2 N–H and O–H groups in total. The molecule has 0 spiro atoms. The normalized spacial score (nSPS) is 16.3. The highest BCUT2D eigenvalue weighted by atomic mass is 19.4. The van der Waals surface area contributed by atoms with E-state index in [9.17, 15) is 27.6 Å². The van der Waals surface area contributed by atoms with Gasteiger partial charge in [0.1, 0.15) is 17.8 Å². The maximum atomic E-state index is 14.8. The first-order chi connectivity index (χ1) is 21.4. The number of nitrogens with zero attached hydrogens (tertiary/aromatic N) is 3. The van der Waals surface area contributed by atoms with Gasteiger partial charge >= 0.3 is 6.18 Å². The van der Waals surface area contributed by atoms with Crippen molar-refractivity contribution in [1.82, 2.24) is 20.8 Å². The Labute approximate surface area is 258 Å². The second-order valence-corrected chi connectivity index (χ2v) is 12.0. The van der Waals surface area contributed by atoms with E-state index in [1.807, 2.05) is 30.3 Å². The summed E-state index contributed by atoms with van der Waals surface area (Å²) in [5.74, 6) is -0.254. The molecule has 1 aromatic heterocycles. The fourth-order valence-electron chi connectivity index (χ4n) is 5.54. The first-order valence-corrected chi connectivity index (χ1v) is 14.6. The average Bonchev–Trinajstić information content (AvgIpc) is 3.63. The van der Waals surface area contributed by atoms with E-state index in [1.165, 1.54) is 32.4 Å². The first-order valence-electron chi connectivity index (χ1n) is 14.6. The first kappa shape index (κ1) is 31.9. The molecule has 1 amide bonds. The van der Waals surface area contributed by atoms with Gasteiger partial charge in [0, 0.05) is 12.8 Å². The summed E-state index contributed by atoms with van der Waals surface area (Å²) in [7, 11) is 0. The number of carbonyl (C=O) groups is 1. The van der Waals surface area contributed by atoms with Crippen molar-refractivity contribution in [3.05, 3.63) is 108 Å². The molecule has 3 aromatic carbocycles. The minimum absolute atomic E-state index is 0.132. The van der Waals surface area contributed by atoms with E-state index in [2.05, 4.69) is 20.8 Å². The number of carbonyl (C=O) groups excluding carboxylic acids is 1. The van der Waals surface area contributed by atoms with Crippen molar-refractivity contribution in [2.24, 2.45) is 0 Å². The van der Waals surface area contributed by atoms with Crippen LogP contribution < -0.4 is 10.6 Å². The van der Waals surface area contributed by atoms with Crippen LogP contribution in [0.25, 0.3) is 11.1 Å². The Hall–Kier alpha value is -4.56. The minimum Gasteiger partial charge on any atom is -0.343 e. The highest BCUT2D eigenvalue weighted by Crippen LogP contribution is 2.52. The van der Waals surface area contributed by atoms with Crippen molar-refractivity contribution in [1.29, 1.82) is 5.26 Å². The third-order valence-electron chi connectivity index (χ3n) is 8.01. The summed E-state index contributed by atoms with van der Waals surface area (Å²) in [6.07, 6.45) is -2.09. The monoisotopic (exact) mass is 619 g/mol. The van der Waals surface area contributed by atoms with Crippen LogP contribution in [0.4, 0.5) is 17.6 Å². The van der Waals surface area contributed by atoms with Crippen molar-refractivity contribution in [3.63, 3.8) is 0 Å². The second-order valence-electron chi connectivity index (χ2n) is 12.0. The van der Waals surface area contributed by atoms with Gasteiger partial charge in [-0.25, -0.2) is 4.39 Å². The maximum absolute atomic E-state index is 14.8. The third kappa shape index (κ3) is 7.75. The van der Waals surface area contributed by atoms with Crippen LogP contribution in [0.1, 0.15) is 61.7 Å². The largest absolute Gasteiger partial charge is 0.407 e. The van der Waals surface area contributed by atoms with Gasteiger partial charge in [-0.3, -0.25) is 10.1 Å². The van der Waals surface area contributed by atoms with Crippen molar-refractivity contribution in [3.8, 4) is 17.2 Å². The molecular formula is C34H33F4N5O2. The summed E-state index contributed by atoms with van der Waals surface area (Å²) < 4.78 is 62.9. The van der Waals surface area contributed by atoms with E-state index in [0.717, 1.165) is 29.5 Å². The zero-order valence-electron chi connectivity index (χ0n) is 24.8. The number of alkyl halides is 4. The minimum atomic E-state index is -4.80. The summed E-state index contributed by atoms with van der Waals surface area (Å²) in [6.45, 7) is 2.38. The van der Waals surface area contributed by atoms with Gasteiger partial charge in [-0.15, -0.1) is 0 Å². The predicted octanol–water partition coefficient (Wildman–Crippen LogP) is 6.77. The van der Waals surface area contributed by atoms with E-state index in [4.69, 9.17) is 4.52 Å². The summed E-state index contributed by atoms with van der Waals surface area (Å²) in [5, 5.41) is 18.5. The third-order valence-corrected chi connectivity index (χ3v) is 8.01. The van der Waals surface area contributed by atoms with Crippen LogP contribution in [0.15, 0.2) is 89.8 Å². The fraction of sp³-hybridized carbons (Fsp3) is 0.353. The molecule has 3 atom stereocenters. The quantitative estimate of drug-likeness (QED) is 0.170. The van der Waals surface area contributed by atoms with E-state index in [1.54, 1.807) is 42.5 Å². The van der Waals surface area contributed by atoms with Crippen molar-refractivity contribution >= 4 is 5.91 Å². The van der Waals surface area contributed by atoms with Crippen LogP contribution in [0.3, 0.4) is 0 Å². The van der Waals surface area contributed by atoms with Crippen LogP contribution in [-0.2, 0) is 16.6 Å². The molecule has 1 aliphatic carbocycles. The van der Waals surface area contributed by atoms with E-state index >= 15 is 0 Å². The van der Waals surface area contributed by atoms with Gasteiger partial charge < -0.3 is 9.84 Å². The molecule has 1 aliphatic rings. The molecule has 7 nitrogen and oxygen atoms in total. The lowest BCUT2D eigenvalue weighted by Gasteiger charge is -2.30. The predicted molar refractivity (Wildman–Crippen MR) is 159 cm³/mol. The molecule has 5 rings (SSSR count). The maximum Gasteiger partial charge on any atom is 0.407 e. The summed E-state index contributed by atoms with van der Waals surface area (Å²) in [4.78, 5) is 17.4. The lowest BCUT2D eigenvalue weighted by Crippen LogP contribution is -2.53. The molecule has 11 heteroatoms. The van der Waals surface area contributed by atoms with Gasteiger partial charge in [0.05, 0.1) is 17.5 Å². The van der Waals surface area contributed by atoms with Crippen LogP contribution in [-0.4, -0.2) is 40.0 Å². The molecule has 45 heavy (non-hydrogen) atoms. The number of halogens is 4. The van der Waals surface area contributed by atoms with E-state index in [0.29, 0.717) is 11.4 Å². The molecule has 4 aromatic rings. The number of benzene rings is 3. The van der Waals surface area contributed by atoms with Gasteiger partial charge in [0.2, 0.25) is 12.3 Å². The molecule has 0 aliphatic heterocycles. The Kier molecular flexibility index (Phi) is 9.07. The fourth-order valence-corrected chi connectivity index (χ4v) is 5.54. The van der Waals surface area contributed by atoms with Crippen LogP contribution in [0.5, 0.6) is 0 Å². The molecule has 0 saturated heterocycles. The van der Waals surface area contributed by atoms with Gasteiger partial charge in [0.15, 0.2) is 5.82 Å². The Morgan fingerprint density at radius 1 is 0.978 bits per heavy atom. The van der Waals surface area contributed by atoms with Gasteiger partial charge in [-0.1, -0.05) is 84.0 Å². The Morgan fingerprint density at radius 2 is 1.60 bits per heavy atom. The number of rotatable bonds is 12. The molecule has 234 valence electrons. The standard InChI is InChI=1S/C34H33F4N5O2/c1-32(2,35)19-28(30(44)41-27(20-39)18-22-6-4-3-5-7-22)42-29(34(36,37)38)25-10-8-23(9-11-25)24-12-14-26(15-13-24)33(16-17-33)31-40-21-45-43-31/h3-15,21,27-29,42H,16-19H2,1-2H3,(H,41,44)/t27-,28-,29-/m0/s1. The highest BCUT2D eigenvalue weighted by molar-refractivity contribution is 5.82. The second kappa shape index (κ2) is 12.8. The highest BCUT2D eigenvalue weighted by Gasteiger charge is 2.49. The Bertz CT molecular complexity index is 1610. The summed E-state index contributed by atoms with van der Waals surface area (Å²) >= 11 is 0. The number of hydrogen-bond donors (Lipinski definition) is 2. The molecule has 0 unspecified atom stereocenters. The summed E-state index contributed by atoms with van der Waals surface area (Å²) in [5.41, 5.74) is 0.941. The number of amides is 1. The number of aromatic nitrogens is 2. The van der Waals surface area contributed by atoms with Crippen molar-refractivity contribution in [2.75, 3.05) is 0 Å². The number of hydrogen-bond acceptors (Lipinski definition) is 6. The smallest absolute Gasteiger partial charge is 0.343 e. The van der Waals surface area contributed by atoms with E-state index in [-0.39, 0.29) is 17.4 Å². The zero-order chi connectivity index (χ0) is 32.2. The lowest BCUT2D eigenvalue weighted by atomic mass is 9.92. The van der Waals surface area contributed by atoms with Crippen molar-refractivity contribution < 1.29 is 26.9 Å². The molecule has 1 heterocycles. The molecule has 1 saturated carbocycles. The molecule has 0 bridgehead atoms. The lowest BCUT2D eigenvalue weighted by molar-refractivity contribution is -0.161. The van der Waals surface area contributed by atoms with Gasteiger partial charge in [0.25, 0.3) is 0 Å². The van der Waals surface area contributed by atoms with Gasteiger partial charge in [-0.2, -0.15) is 23.4 Å². The molecule has 0 radical (unpaired) electrons. The van der Waals surface area contributed by atoms with Crippen LogP contribution in [0, 0.1) is 11.3 Å². The summed E-state index contributed by atoms with van der Waals surface area (Å²) in [6, 6.07) is 19.6. The topological polar surface area (TPSA) is 104 Å². The Balaban J connectivity index is 1.33. The average molecular weight is 620 g/mol. The Morgan fingerprint density at radius 3 is 2.11 bits per heavy atom. The number of nitrogens with one attached hydrogen (secondary N) is 2. The molecular weight excluding hydrogens is 586 g/mol. The van der Waals surface area contributed by atoms with Crippen molar-refractivity contribution in [2.45, 2.75) is 74.9 Å². The SMILES string of the molecule is CC(C)(F)C[C@H](N[C@@H](c1ccc(-c2ccc(C3(c4ncon4)CC3)cc2)cc1)C(F)(F)F)C(=O)N[C@H](C#N)Cc1ccccc1. The zero-order valence-corrected chi connectivity index (χ0v) is 24.8. The molecule has 1 fully saturated rings. The van der Waals surface area contributed by atoms with Gasteiger partial charge in [-0.05, 0) is 54.5 Å². The van der Waals surface area contributed by atoms with Crippen LogP contribution in [0.2, 0.25) is 0 Å². The van der Waals surface area contributed by atoms with Crippen LogP contribution >= 0.6 is 0 Å². The number of nitriles is 1. The van der Waals surface area contributed by atoms with E-state index < -0.39 is 42.3 Å².